The Hall–Kier alpha value is -1.00. The third-order valence-corrected chi connectivity index (χ3v) is 3.27. The highest BCUT2D eigenvalue weighted by Gasteiger charge is 2.26. The number of thioether (sulfide) groups is 1. The van der Waals surface area contributed by atoms with E-state index in [9.17, 15) is 4.79 Å². The van der Waals surface area contributed by atoms with E-state index in [-0.39, 0.29) is 5.91 Å². The molecule has 0 radical (unpaired) electrons. The third kappa shape index (κ3) is 2.01. The van der Waals surface area contributed by atoms with Crippen LogP contribution in [0.25, 0.3) is 0 Å². The molecule has 1 unspecified atom stereocenters. The van der Waals surface area contributed by atoms with Crippen LogP contribution in [0.5, 0.6) is 0 Å². The van der Waals surface area contributed by atoms with Gasteiger partial charge in [0.1, 0.15) is 6.04 Å². The summed E-state index contributed by atoms with van der Waals surface area (Å²) in [6.07, 6.45) is 0. The number of amides is 1. The van der Waals surface area contributed by atoms with Crippen molar-refractivity contribution in [1.82, 2.24) is 0 Å². The Morgan fingerprint density at radius 2 is 2.20 bits per heavy atom. The number of nitrogens with two attached hydrogens (primary N) is 1. The third-order valence-electron chi connectivity index (χ3n) is 2.27. The fourth-order valence-corrected chi connectivity index (χ4v) is 2.49. The number of anilines is 1. The second kappa shape index (κ2) is 3.87. The van der Waals surface area contributed by atoms with E-state index < -0.39 is 6.04 Å². The van der Waals surface area contributed by atoms with Gasteiger partial charge in [-0.3, -0.25) is 4.79 Å². The van der Waals surface area contributed by atoms with Crippen molar-refractivity contribution in [2.75, 3.05) is 5.32 Å². The highest BCUT2D eigenvalue weighted by molar-refractivity contribution is 7.99. The lowest BCUT2D eigenvalue weighted by Crippen LogP contribution is -2.19. The van der Waals surface area contributed by atoms with Crippen molar-refractivity contribution in [3.05, 3.63) is 23.8 Å². The Balaban J connectivity index is 2.29. The summed E-state index contributed by atoms with van der Waals surface area (Å²) >= 11 is 1.77. The molecule has 1 heterocycles. The molecule has 1 aliphatic rings. The highest BCUT2D eigenvalue weighted by Crippen LogP contribution is 2.34. The lowest BCUT2D eigenvalue weighted by Gasteiger charge is -2.07. The van der Waals surface area contributed by atoms with E-state index in [2.05, 4.69) is 19.2 Å². The minimum absolute atomic E-state index is 0.114. The monoisotopic (exact) mass is 222 g/mol. The standard InChI is InChI=1S/C11H14N2OS/c1-6(2)15-7-3-4-8-9(5-7)13-11(14)10(8)12/h3-6,10H,12H2,1-2H3,(H,13,14). The van der Waals surface area contributed by atoms with E-state index in [1.54, 1.807) is 11.8 Å². The molecule has 1 aromatic rings. The van der Waals surface area contributed by atoms with Gasteiger partial charge in [0.05, 0.1) is 0 Å². The summed E-state index contributed by atoms with van der Waals surface area (Å²) in [4.78, 5) is 12.5. The normalized spacial score (nSPS) is 19.2. The van der Waals surface area contributed by atoms with Gasteiger partial charge in [-0.15, -0.1) is 11.8 Å². The molecule has 1 aliphatic heterocycles. The quantitative estimate of drug-likeness (QED) is 0.754. The molecule has 80 valence electrons. The number of nitrogens with one attached hydrogen (secondary N) is 1. The number of carbonyl (C=O) groups excluding carboxylic acids is 1. The maximum absolute atomic E-state index is 11.3. The summed E-state index contributed by atoms with van der Waals surface area (Å²) in [5, 5.41) is 3.32. The summed E-state index contributed by atoms with van der Waals surface area (Å²) in [6.45, 7) is 4.28. The maximum Gasteiger partial charge on any atom is 0.245 e. The molecule has 3 nitrogen and oxygen atoms in total. The predicted molar refractivity (Wildman–Crippen MR) is 63.0 cm³/mol. The van der Waals surface area contributed by atoms with Crippen LogP contribution in [0, 0.1) is 0 Å². The number of benzene rings is 1. The van der Waals surface area contributed by atoms with Crippen molar-refractivity contribution in [2.24, 2.45) is 5.73 Å². The van der Waals surface area contributed by atoms with Crippen LogP contribution < -0.4 is 11.1 Å². The summed E-state index contributed by atoms with van der Waals surface area (Å²) < 4.78 is 0. The first kappa shape index (κ1) is 10.5. The molecule has 1 aromatic carbocycles. The molecule has 3 N–H and O–H groups in total. The van der Waals surface area contributed by atoms with Crippen LogP contribution in [0.1, 0.15) is 25.5 Å². The van der Waals surface area contributed by atoms with E-state index in [0.717, 1.165) is 16.1 Å². The van der Waals surface area contributed by atoms with Crippen LogP contribution in [0.4, 0.5) is 5.69 Å². The van der Waals surface area contributed by atoms with Crippen LogP contribution in [0.15, 0.2) is 23.1 Å². The smallest absolute Gasteiger partial charge is 0.245 e. The van der Waals surface area contributed by atoms with Crippen molar-refractivity contribution in [2.45, 2.75) is 30.0 Å². The highest BCUT2D eigenvalue weighted by atomic mass is 32.2. The Morgan fingerprint density at radius 1 is 1.47 bits per heavy atom. The van der Waals surface area contributed by atoms with Gasteiger partial charge in [-0.2, -0.15) is 0 Å². The van der Waals surface area contributed by atoms with Crippen molar-refractivity contribution >= 4 is 23.4 Å². The average Bonchev–Trinajstić information content (AvgIpc) is 2.41. The van der Waals surface area contributed by atoms with Crippen molar-refractivity contribution < 1.29 is 4.79 Å². The average molecular weight is 222 g/mol. The molecule has 0 aromatic heterocycles. The zero-order chi connectivity index (χ0) is 11.0. The number of fused-ring (bicyclic) bond motifs is 1. The largest absolute Gasteiger partial charge is 0.324 e. The first-order chi connectivity index (χ1) is 7.08. The zero-order valence-corrected chi connectivity index (χ0v) is 9.60. The summed E-state index contributed by atoms with van der Waals surface area (Å²) in [5.74, 6) is -0.114. The van der Waals surface area contributed by atoms with Gasteiger partial charge in [-0.25, -0.2) is 0 Å². The second-order valence-corrected chi connectivity index (χ2v) is 5.53. The summed E-state index contributed by atoms with van der Waals surface area (Å²) in [6, 6.07) is 5.44. The van der Waals surface area contributed by atoms with Gasteiger partial charge in [-0.1, -0.05) is 19.9 Å². The van der Waals surface area contributed by atoms with Crippen molar-refractivity contribution in [3.63, 3.8) is 0 Å². The molecule has 2 rings (SSSR count). The van der Waals surface area contributed by atoms with Gasteiger partial charge in [0.2, 0.25) is 5.91 Å². The van der Waals surface area contributed by atoms with Gasteiger partial charge in [0.25, 0.3) is 0 Å². The topological polar surface area (TPSA) is 55.1 Å². The van der Waals surface area contributed by atoms with Crippen LogP contribution in [0.3, 0.4) is 0 Å². The second-order valence-electron chi connectivity index (χ2n) is 3.88. The van der Waals surface area contributed by atoms with E-state index in [1.807, 2.05) is 18.2 Å². The molecular weight excluding hydrogens is 208 g/mol. The van der Waals surface area contributed by atoms with E-state index in [1.165, 1.54) is 0 Å². The van der Waals surface area contributed by atoms with Gasteiger partial charge in [0, 0.05) is 21.4 Å². The Labute approximate surface area is 93.4 Å². The number of carbonyl (C=O) groups is 1. The molecule has 0 bridgehead atoms. The zero-order valence-electron chi connectivity index (χ0n) is 8.78. The van der Waals surface area contributed by atoms with E-state index >= 15 is 0 Å². The molecular formula is C11H14N2OS. The predicted octanol–water partition coefficient (Wildman–Crippen LogP) is 2.14. The van der Waals surface area contributed by atoms with E-state index in [4.69, 9.17) is 5.73 Å². The fourth-order valence-electron chi connectivity index (χ4n) is 1.61. The van der Waals surface area contributed by atoms with Gasteiger partial charge < -0.3 is 11.1 Å². The van der Waals surface area contributed by atoms with E-state index in [0.29, 0.717) is 5.25 Å². The van der Waals surface area contributed by atoms with Gasteiger partial charge >= 0.3 is 0 Å². The molecule has 1 amide bonds. The van der Waals surface area contributed by atoms with Crippen LogP contribution in [-0.4, -0.2) is 11.2 Å². The fraction of sp³-hybridized carbons (Fsp3) is 0.364. The van der Waals surface area contributed by atoms with Crippen molar-refractivity contribution in [3.8, 4) is 0 Å². The first-order valence-corrected chi connectivity index (χ1v) is 5.83. The molecule has 15 heavy (non-hydrogen) atoms. The number of hydrogen-bond acceptors (Lipinski definition) is 3. The maximum atomic E-state index is 11.3. The number of rotatable bonds is 2. The number of hydrogen-bond donors (Lipinski definition) is 2. The molecule has 0 aliphatic carbocycles. The lowest BCUT2D eigenvalue weighted by molar-refractivity contribution is -0.116. The van der Waals surface area contributed by atoms with Gasteiger partial charge in [0.15, 0.2) is 0 Å². The summed E-state index contributed by atoms with van der Waals surface area (Å²) in [5.41, 5.74) is 7.48. The first-order valence-electron chi connectivity index (χ1n) is 4.95. The van der Waals surface area contributed by atoms with Crippen LogP contribution in [-0.2, 0) is 4.79 Å². The molecule has 4 heteroatoms. The van der Waals surface area contributed by atoms with Crippen LogP contribution >= 0.6 is 11.8 Å². The minimum atomic E-state index is -0.502. The Kier molecular flexibility index (Phi) is 2.71. The minimum Gasteiger partial charge on any atom is -0.324 e. The molecule has 0 saturated carbocycles. The molecule has 0 fully saturated rings. The summed E-state index contributed by atoms with van der Waals surface area (Å²) in [7, 11) is 0. The molecule has 0 spiro atoms. The molecule has 0 saturated heterocycles. The molecule has 1 atom stereocenters. The lowest BCUT2D eigenvalue weighted by atomic mass is 10.1. The SMILES string of the molecule is CC(C)Sc1ccc2c(c1)NC(=O)C2N. The Morgan fingerprint density at radius 3 is 2.87 bits per heavy atom. The van der Waals surface area contributed by atoms with Crippen LogP contribution in [0.2, 0.25) is 0 Å². The Bertz CT molecular complexity index is 404. The van der Waals surface area contributed by atoms with Gasteiger partial charge in [-0.05, 0) is 12.1 Å². The van der Waals surface area contributed by atoms with Crippen molar-refractivity contribution in [1.29, 1.82) is 0 Å².